The Balaban J connectivity index is 2.45. The summed E-state index contributed by atoms with van der Waals surface area (Å²) in [4.78, 5) is 16.7. The fourth-order valence-corrected chi connectivity index (χ4v) is 2.94. The molecule has 0 saturated carbocycles. The SMILES string of the molecule is CC1CN(C(=O)CCC(CCN)C(C)(C)C)CCN1C. The van der Waals surface area contributed by atoms with Crippen molar-refractivity contribution in [2.24, 2.45) is 17.1 Å². The Morgan fingerprint density at radius 3 is 2.45 bits per heavy atom. The van der Waals surface area contributed by atoms with E-state index < -0.39 is 0 Å². The van der Waals surface area contributed by atoms with Crippen molar-refractivity contribution in [2.45, 2.75) is 53.0 Å². The van der Waals surface area contributed by atoms with E-state index in [-0.39, 0.29) is 5.41 Å². The van der Waals surface area contributed by atoms with Crippen LogP contribution in [-0.2, 0) is 4.79 Å². The maximum atomic E-state index is 12.4. The second kappa shape index (κ2) is 7.41. The van der Waals surface area contributed by atoms with Crippen LogP contribution in [0, 0.1) is 11.3 Å². The molecule has 2 N–H and O–H groups in total. The van der Waals surface area contributed by atoms with E-state index >= 15 is 0 Å². The quantitative estimate of drug-likeness (QED) is 0.839. The zero-order valence-electron chi connectivity index (χ0n) is 14.0. The zero-order chi connectivity index (χ0) is 15.3. The van der Waals surface area contributed by atoms with E-state index in [0.717, 1.165) is 32.5 Å². The van der Waals surface area contributed by atoms with E-state index in [1.165, 1.54) is 0 Å². The van der Waals surface area contributed by atoms with Gasteiger partial charge in [-0.25, -0.2) is 0 Å². The van der Waals surface area contributed by atoms with E-state index in [1.54, 1.807) is 0 Å². The molecule has 2 atom stereocenters. The number of nitrogens with zero attached hydrogens (tertiary/aromatic N) is 2. The third-order valence-electron chi connectivity index (χ3n) is 4.76. The second-order valence-electron chi connectivity index (χ2n) is 7.35. The van der Waals surface area contributed by atoms with Crippen molar-refractivity contribution in [3.8, 4) is 0 Å². The molecule has 1 saturated heterocycles. The van der Waals surface area contributed by atoms with Crippen LogP contribution in [0.4, 0.5) is 0 Å². The molecule has 0 spiro atoms. The Bertz CT molecular complexity index is 311. The molecular formula is C16H33N3O. The van der Waals surface area contributed by atoms with Crippen LogP contribution in [0.2, 0.25) is 0 Å². The van der Waals surface area contributed by atoms with Crippen molar-refractivity contribution in [3.05, 3.63) is 0 Å². The number of rotatable bonds is 5. The van der Waals surface area contributed by atoms with Gasteiger partial charge in [0.2, 0.25) is 5.91 Å². The predicted molar refractivity (Wildman–Crippen MR) is 84.5 cm³/mol. The van der Waals surface area contributed by atoms with Crippen LogP contribution in [0.25, 0.3) is 0 Å². The summed E-state index contributed by atoms with van der Waals surface area (Å²) >= 11 is 0. The normalized spacial score (nSPS) is 22.9. The van der Waals surface area contributed by atoms with E-state index in [0.29, 0.717) is 30.8 Å². The lowest BCUT2D eigenvalue weighted by atomic mass is 9.76. The first-order valence-corrected chi connectivity index (χ1v) is 7.93. The first-order chi connectivity index (χ1) is 9.25. The van der Waals surface area contributed by atoms with Gasteiger partial charge in [0.1, 0.15) is 0 Å². The first kappa shape index (κ1) is 17.4. The third kappa shape index (κ3) is 5.06. The van der Waals surface area contributed by atoms with Gasteiger partial charge < -0.3 is 15.5 Å². The number of hydrogen-bond acceptors (Lipinski definition) is 3. The standard InChI is InChI=1S/C16H33N3O/c1-13-12-19(11-10-18(13)5)15(20)7-6-14(8-9-17)16(2,3)4/h13-14H,6-12,17H2,1-5H3. The molecule has 0 aromatic heterocycles. The molecule has 1 aliphatic heterocycles. The van der Waals surface area contributed by atoms with Gasteiger partial charge in [0.15, 0.2) is 0 Å². The van der Waals surface area contributed by atoms with Crippen molar-refractivity contribution in [2.75, 3.05) is 33.2 Å². The number of hydrogen-bond donors (Lipinski definition) is 1. The minimum Gasteiger partial charge on any atom is -0.340 e. The highest BCUT2D eigenvalue weighted by molar-refractivity contribution is 5.76. The number of likely N-dealkylation sites (N-methyl/N-ethyl adjacent to an activating group) is 1. The Labute approximate surface area is 124 Å². The average molecular weight is 283 g/mol. The van der Waals surface area contributed by atoms with Crippen LogP contribution in [-0.4, -0.2) is 55.0 Å². The summed E-state index contributed by atoms with van der Waals surface area (Å²) in [7, 11) is 2.13. The van der Waals surface area contributed by atoms with E-state index in [4.69, 9.17) is 5.73 Å². The summed E-state index contributed by atoms with van der Waals surface area (Å²) < 4.78 is 0. The van der Waals surface area contributed by atoms with Gasteiger partial charge in [-0.2, -0.15) is 0 Å². The molecule has 1 fully saturated rings. The van der Waals surface area contributed by atoms with Crippen molar-refractivity contribution in [3.63, 3.8) is 0 Å². The van der Waals surface area contributed by atoms with Gasteiger partial charge in [-0.1, -0.05) is 20.8 Å². The number of amides is 1. The zero-order valence-corrected chi connectivity index (χ0v) is 14.0. The van der Waals surface area contributed by atoms with Gasteiger partial charge in [0, 0.05) is 32.1 Å². The lowest BCUT2D eigenvalue weighted by Gasteiger charge is -2.38. The highest BCUT2D eigenvalue weighted by Crippen LogP contribution is 2.32. The summed E-state index contributed by atoms with van der Waals surface area (Å²) in [5, 5.41) is 0. The Hall–Kier alpha value is -0.610. The van der Waals surface area contributed by atoms with Gasteiger partial charge in [-0.05, 0) is 44.7 Å². The molecule has 2 unspecified atom stereocenters. The lowest BCUT2D eigenvalue weighted by molar-refractivity contribution is -0.134. The molecule has 0 radical (unpaired) electrons. The Morgan fingerprint density at radius 1 is 1.30 bits per heavy atom. The van der Waals surface area contributed by atoms with Gasteiger partial charge in [0.05, 0.1) is 0 Å². The second-order valence-corrected chi connectivity index (χ2v) is 7.35. The van der Waals surface area contributed by atoms with Crippen LogP contribution >= 0.6 is 0 Å². The van der Waals surface area contributed by atoms with Crippen molar-refractivity contribution in [1.29, 1.82) is 0 Å². The highest BCUT2D eigenvalue weighted by Gasteiger charge is 2.27. The van der Waals surface area contributed by atoms with Crippen LogP contribution < -0.4 is 5.73 Å². The maximum Gasteiger partial charge on any atom is 0.222 e. The van der Waals surface area contributed by atoms with Crippen molar-refractivity contribution >= 4 is 5.91 Å². The molecule has 0 bridgehead atoms. The number of carbonyl (C=O) groups is 1. The lowest BCUT2D eigenvalue weighted by Crippen LogP contribution is -2.52. The number of piperazine rings is 1. The molecule has 20 heavy (non-hydrogen) atoms. The topological polar surface area (TPSA) is 49.6 Å². The van der Waals surface area contributed by atoms with Crippen LogP contribution in [0.1, 0.15) is 47.0 Å². The molecule has 4 heteroatoms. The molecule has 118 valence electrons. The summed E-state index contributed by atoms with van der Waals surface area (Å²) in [6.45, 7) is 12.4. The molecule has 1 heterocycles. The monoisotopic (exact) mass is 283 g/mol. The molecule has 4 nitrogen and oxygen atoms in total. The molecular weight excluding hydrogens is 250 g/mol. The van der Waals surface area contributed by atoms with Crippen LogP contribution in [0.15, 0.2) is 0 Å². The van der Waals surface area contributed by atoms with Crippen molar-refractivity contribution < 1.29 is 4.79 Å². The minimum atomic E-state index is 0.231. The van der Waals surface area contributed by atoms with Crippen LogP contribution in [0.5, 0.6) is 0 Å². The van der Waals surface area contributed by atoms with Crippen molar-refractivity contribution in [1.82, 2.24) is 9.80 Å². The smallest absolute Gasteiger partial charge is 0.222 e. The maximum absolute atomic E-state index is 12.4. The van der Waals surface area contributed by atoms with E-state index in [9.17, 15) is 4.79 Å². The summed E-state index contributed by atoms with van der Waals surface area (Å²) in [5.74, 6) is 0.845. The van der Waals surface area contributed by atoms with Gasteiger partial charge in [-0.15, -0.1) is 0 Å². The molecule has 0 aromatic rings. The number of nitrogens with two attached hydrogens (primary N) is 1. The summed E-state index contributed by atoms with van der Waals surface area (Å²) in [6, 6.07) is 0.468. The van der Waals surface area contributed by atoms with Gasteiger partial charge >= 0.3 is 0 Å². The molecule has 0 aliphatic carbocycles. The Morgan fingerprint density at radius 2 is 1.95 bits per heavy atom. The molecule has 1 amide bonds. The third-order valence-corrected chi connectivity index (χ3v) is 4.76. The first-order valence-electron chi connectivity index (χ1n) is 7.93. The molecule has 1 aliphatic rings. The van der Waals surface area contributed by atoms with E-state index in [1.807, 2.05) is 4.90 Å². The largest absolute Gasteiger partial charge is 0.340 e. The van der Waals surface area contributed by atoms with Gasteiger partial charge in [0.25, 0.3) is 0 Å². The van der Waals surface area contributed by atoms with Gasteiger partial charge in [-0.3, -0.25) is 4.79 Å². The summed E-state index contributed by atoms with van der Waals surface area (Å²) in [5.41, 5.74) is 5.94. The number of carbonyl (C=O) groups excluding carboxylic acids is 1. The molecule has 1 rings (SSSR count). The fraction of sp³-hybridized carbons (Fsp3) is 0.938. The minimum absolute atomic E-state index is 0.231. The van der Waals surface area contributed by atoms with Crippen LogP contribution in [0.3, 0.4) is 0 Å². The predicted octanol–water partition coefficient (Wildman–Crippen LogP) is 1.94. The summed E-state index contributed by atoms with van der Waals surface area (Å²) in [6.07, 6.45) is 2.63. The Kier molecular flexibility index (Phi) is 6.46. The van der Waals surface area contributed by atoms with E-state index in [2.05, 4.69) is 39.6 Å². The average Bonchev–Trinajstić information content (AvgIpc) is 2.36. The molecule has 0 aromatic carbocycles. The fourth-order valence-electron chi connectivity index (χ4n) is 2.94. The highest BCUT2D eigenvalue weighted by atomic mass is 16.2.